The van der Waals surface area contributed by atoms with E-state index in [1.807, 2.05) is 0 Å². The van der Waals surface area contributed by atoms with Gasteiger partial charge in [-0.25, -0.2) is 9.97 Å². The fourth-order valence-electron chi connectivity index (χ4n) is 1.88. The molecule has 0 saturated heterocycles. The smallest absolute Gasteiger partial charge is 0.144 e. The van der Waals surface area contributed by atoms with Crippen LogP contribution >= 0.6 is 15.9 Å². The summed E-state index contributed by atoms with van der Waals surface area (Å²) in [4.78, 5) is 9.28. The van der Waals surface area contributed by atoms with Gasteiger partial charge in [-0.3, -0.25) is 0 Å². The lowest BCUT2D eigenvalue weighted by Crippen LogP contribution is -2.16. The minimum atomic E-state index is 0.593. The zero-order valence-corrected chi connectivity index (χ0v) is 11.5. The zero-order chi connectivity index (χ0) is 11.5. The molecule has 0 aliphatic heterocycles. The molecule has 1 aliphatic carbocycles. The third kappa shape index (κ3) is 2.21. The molecule has 1 fully saturated rings. The summed E-state index contributed by atoms with van der Waals surface area (Å²) in [6.45, 7) is 5.11. The molecular formula is C12H18BrN3. The van der Waals surface area contributed by atoms with Gasteiger partial charge in [0.15, 0.2) is 0 Å². The van der Waals surface area contributed by atoms with Crippen molar-refractivity contribution in [3.05, 3.63) is 16.0 Å². The number of aromatic nitrogens is 2. The van der Waals surface area contributed by atoms with Crippen molar-refractivity contribution >= 4 is 21.7 Å². The Kier molecular flexibility index (Phi) is 3.79. The Balaban J connectivity index is 2.34. The van der Waals surface area contributed by atoms with Gasteiger partial charge in [0.25, 0.3) is 0 Å². The largest absolute Gasteiger partial charge is 0.369 e. The molecule has 0 unspecified atom stereocenters. The highest BCUT2D eigenvalue weighted by molar-refractivity contribution is 9.10. The van der Waals surface area contributed by atoms with Crippen molar-refractivity contribution in [1.29, 1.82) is 0 Å². The van der Waals surface area contributed by atoms with Crippen LogP contribution in [-0.4, -0.2) is 16.5 Å². The quantitative estimate of drug-likeness (QED) is 0.919. The summed E-state index contributed by atoms with van der Waals surface area (Å²) in [6.07, 6.45) is 4.76. The molecule has 0 spiro atoms. The van der Waals surface area contributed by atoms with Gasteiger partial charge >= 0.3 is 0 Å². The maximum absolute atomic E-state index is 4.66. The van der Waals surface area contributed by atoms with E-state index in [0.717, 1.165) is 34.8 Å². The lowest BCUT2D eigenvalue weighted by Gasteiger charge is -2.25. The number of hydrogen-bond donors (Lipinski definition) is 1. The van der Waals surface area contributed by atoms with E-state index in [1.165, 1.54) is 19.3 Å². The Morgan fingerprint density at radius 2 is 2.06 bits per heavy atom. The van der Waals surface area contributed by atoms with Crippen molar-refractivity contribution in [2.24, 2.45) is 0 Å². The van der Waals surface area contributed by atoms with Crippen molar-refractivity contribution in [2.75, 3.05) is 11.9 Å². The van der Waals surface area contributed by atoms with Crippen LogP contribution in [0.5, 0.6) is 0 Å². The number of halogens is 1. The molecule has 2 rings (SSSR count). The van der Waals surface area contributed by atoms with E-state index < -0.39 is 0 Å². The summed E-state index contributed by atoms with van der Waals surface area (Å²) in [5, 5.41) is 3.30. The first-order valence-electron chi connectivity index (χ1n) is 6.06. The Morgan fingerprint density at radius 1 is 1.31 bits per heavy atom. The molecule has 0 radical (unpaired) electrons. The van der Waals surface area contributed by atoms with Crippen LogP contribution in [0.2, 0.25) is 0 Å². The van der Waals surface area contributed by atoms with Crippen LogP contribution in [-0.2, 0) is 6.42 Å². The van der Waals surface area contributed by atoms with Crippen molar-refractivity contribution < 1.29 is 0 Å². The van der Waals surface area contributed by atoms with Gasteiger partial charge in [-0.05, 0) is 42.1 Å². The third-order valence-corrected chi connectivity index (χ3v) is 3.92. The molecule has 1 heterocycles. The monoisotopic (exact) mass is 283 g/mol. The van der Waals surface area contributed by atoms with Crippen LogP contribution in [0.15, 0.2) is 4.47 Å². The van der Waals surface area contributed by atoms with Gasteiger partial charge in [0.1, 0.15) is 11.6 Å². The summed E-state index contributed by atoms with van der Waals surface area (Å²) in [5.74, 6) is 2.58. The van der Waals surface area contributed by atoms with Gasteiger partial charge < -0.3 is 5.32 Å². The van der Waals surface area contributed by atoms with Crippen LogP contribution in [0, 0.1) is 0 Å². The zero-order valence-electron chi connectivity index (χ0n) is 9.89. The van der Waals surface area contributed by atoms with E-state index >= 15 is 0 Å². The maximum Gasteiger partial charge on any atom is 0.144 e. The third-order valence-electron chi connectivity index (χ3n) is 3.09. The molecule has 1 aromatic rings. The topological polar surface area (TPSA) is 37.8 Å². The van der Waals surface area contributed by atoms with Gasteiger partial charge in [0.2, 0.25) is 0 Å². The van der Waals surface area contributed by atoms with Crippen molar-refractivity contribution in [1.82, 2.24) is 9.97 Å². The second kappa shape index (κ2) is 5.13. The molecule has 1 N–H and O–H groups in total. The predicted molar refractivity (Wildman–Crippen MR) is 69.9 cm³/mol. The van der Waals surface area contributed by atoms with Crippen molar-refractivity contribution in [2.45, 2.75) is 45.4 Å². The molecule has 0 bridgehead atoms. The number of nitrogens with zero attached hydrogens (tertiary/aromatic N) is 2. The molecule has 0 atom stereocenters. The number of hydrogen-bond acceptors (Lipinski definition) is 3. The van der Waals surface area contributed by atoms with Gasteiger partial charge in [0.05, 0.1) is 10.2 Å². The van der Waals surface area contributed by atoms with Crippen molar-refractivity contribution in [3.63, 3.8) is 0 Å². The van der Waals surface area contributed by atoms with Crippen LogP contribution < -0.4 is 5.32 Å². The maximum atomic E-state index is 4.66. The van der Waals surface area contributed by atoms with Crippen molar-refractivity contribution in [3.8, 4) is 0 Å². The fraction of sp³-hybridized carbons (Fsp3) is 0.667. The Labute approximate surface area is 105 Å². The Hall–Kier alpha value is -0.640. The highest BCUT2D eigenvalue weighted by atomic mass is 79.9. The Bertz CT molecular complexity index is 375. The molecule has 0 aromatic carbocycles. The first-order chi connectivity index (χ1) is 7.76. The Morgan fingerprint density at radius 3 is 2.56 bits per heavy atom. The van der Waals surface area contributed by atoms with Crippen LogP contribution in [0.3, 0.4) is 0 Å². The molecule has 88 valence electrons. The highest BCUT2D eigenvalue weighted by Gasteiger charge is 2.24. The van der Waals surface area contributed by atoms with E-state index in [9.17, 15) is 0 Å². The van der Waals surface area contributed by atoms with E-state index in [-0.39, 0.29) is 0 Å². The number of rotatable bonds is 4. The fourth-order valence-corrected chi connectivity index (χ4v) is 2.48. The second-order valence-electron chi connectivity index (χ2n) is 4.20. The molecule has 3 nitrogen and oxygen atoms in total. The molecular weight excluding hydrogens is 266 g/mol. The van der Waals surface area contributed by atoms with Gasteiger partial charge in [-0.15, -0.1) is 0 Å². The molecule has 0 amide bonds. The molecule has 1 aliphatic rings. The lowest BCUT2D eigenvalue weighted by atomic mass is 9.85. The van der Waals surface area contributed by atoms with Gasteiger partial charge in [-0.1, -0.05) is 13.3 Å². The van der Waals surface area contributed by atoms with E-state index in [2.05, 4.69) is 45.1 Å². The lowest BCUT2D eigenvalue weighted by molar-refractivity contribution is 0.400. The number of aryl methyl sites for hydroxylation is 1. The van der Waals surface area contributed by atoms with E-state index in [4.69, 9.17) is 0 Å². The number of nitrogens with one attached hydrogen (secondary N) is 1. The summed E-state index contributed by atoms with van der Waals surface area (Å²) in [5.41, 5.74) is 1.12. The molecule has 16 heavy (non-hydrogen) atoms. The van der Waals surface area contributed by atoms with Crippen LogP contribution in [0.25, 0.3) is 0 Å². The summed E-state index contributed by atoms with van der Waals surface area (Å²) >= 11 is 3.58. The predicted octanol–water partition coefficient (Wildman–Crippen LogP) is 3.50. The average Bonchev–Trinajstić information content (AvgIpc) is 2.20. The number of anilines is 1. The molecule has 1 saturated carbocycles. The average molecular weight is 284 g/mol. The van der Waals surface area contributed by atoms with Gasteiger partial charge in [0, 0.05) is 12.5 Å². The van der Waals surface area contributed by atoms with Crippen LogP contribution in [0.4, 0.5) is 5.82 Å². The van der Waals surface area contributed by atoms with Crippen LogP contribution in [0.1, 0.15) is 50.5 Å². The van der Waals surface area contributed by atoms with E-state index in [0.29, 0.717) is 5.92 Å². The molecule has 4 heteroatoms. The normalized spacial score (nSPS) is 15.9. The summed E-state index contributed by atoms with van der Waals surface area (Å²) < 4.78 is 1.03. The SMILES string of the molecule is CCNc1nc(C2CCC2)nc(CC)c1Br. The first kappa shape index (κ1) is 11.8. The highest BCUT2D eigenvalue weighted by Crippen LogP contribution is 2.36. The summed E-state index contributed by atoms with van der Waals surface area (Å²) in [7, 11) is 0. The first-order valence-corrected chi connectivity index (χ1v) is 6.85. The van der Waals surface area contributed by atoms with E-state index in [1.54, 1.807) is 0 Å². The standard InChI is InChI=1S/C12H18BrN3/c1-3-9-10(13)12(14-4-2)16-11(15-9)8-6-5-7-8/h8H,3-7H2,1-2H3,(H,14,15,16). The summed E-state index contributed by atoms with van der Waals surface area (Å²) in [6, 6.07) is 0. The second-order valence-corrected chi connectivity index (χ2v) is 5.00. The van der Waals surface area contributed by atoms with Gasteiger partial charge in [-0.2, -0.15) is 0 Å². The minimum Gasteiger partial charge on any atom is -0.369 e. The molecule has 1 aromatic heterocycles. The minimum absolute atomic E-state index is 0.593.